The third-order valence-corrected chi connectivity index (χ3v) is 5.61. The highest BCUT2D eigenvalue weighted by Crippen LogP contribution is 2.23. The number of thioether (sulfide) groups is 1. The lowest BCUT2D eigenvalue weighted by atomic mass is 10.1. The Morgan fingerprint density at radius 1 is 1.56 bits per heavy atom. The normalized spacial score (nSPS) is 20.4. The second-order valence-corrected chi connectivity index (χ2v) is 7.39. The van der Waals surface area contributed by atoms with E-state index in [1.807, 2.05) is 18.8 Å². The fourth-order valence-corrected chi connectivity index (χ4v) is 4.34. The summed E-state index contributed by atoms with van der Waals surface area (Å²) in [6, 6.07) is 1.67. The first-order chi connectivity index (χ1) is 8.62. The van der Waals surface area contributed by atoms with E-state index in [4.69, 9.17) is 0 Å². The zero-order valence-corrected chi connectivity index (χ0v) is 12.0. The summed E-state index contributed by atoms with van der Waals surface area (Å²) in [6.45, 7) is 1.18. The smallest absolute Gasteiger partial charge is 0.242 e. The standard InChI is InChI=1S/C11H19N3O2S2/c1-12-6-10-4-11(7-13-10)18(15,16)14-5-9-2-3-17-8-9/h4,7,9,12-14H,2-3,5-6,8H2,1H3. The molecule has 1 saturated heterocycles. The fourth-order valence-electron chi connectivity index (χ4n) is 1.92. The number of H-pyrrole nitrogens is 1. The van der Waals surface area contributed by atoms with E-state index in [-0.39, 0.29) is 0 Å². The van der Waals surface area contributed by atoms with Crippen molar-refractivity contribution in [1.29, 1.82) is 0 Å². The van der Waals surface area contributed by atoms with Gasteiger partial charge in [-0.3, -0.25) is 0 Å². The van der Waals surface area contributed by atoms with E-state index >= 15 is 0 Å². The summed E-state index contributed by atoms with van der Waals surface area (Å²) < 4.78 is 26.8. The molecule has 5 nitrogen and oxygen atoms in total. The van der Waals surface area contributed by atoms with E-state index in [2.05, 4.69) is 15.0 Å². The molecule has 2 heterocycles. The molecular formula is C11H19N3O2S2. The van der Waals surface area contributed by atoms with Crippen LogP contribution in [0.1, 0.15) is 12.1 Å². The topological polar surface area (TPSA) is 74.0 Å². The maximum Gasteiger partial charge on any atom is 0.242 e. The van der Waals surface area contributed by atoms with E-state index in [1.54, 1.807) is 12.3 Å². The summed E-state index contributed by atoms with van der Waals surface area (Å²) in [6.07, 6.45) is 2.64. The largest absolute Gasteiger partial charge is 0.363 e. The molecule has 1 unspecified atom stereocenters. The van der Waals surface area contributed by atoms with Crippen LogP contribution in [0, 0.1) is 5.92 Å². The maximum absolute atomic E-state index is 12.0. The van der Waals surface area contributed by atoms with Crippen molar-refractivity contribution in [2.75, 3.05) is 25.1 Å². The van der Waals surface area contributed by atoms with E-state index in [9.17, 15) is 8.42 Å². The minimum absolute atomic E-state index is 0.318. The molecule has 0 aliphatic carbocycles. The van der Waals surface area contributed by atoms with Gasteiger partial charge in [0.25, 0.3) is 0 Å². The first-order valence-electron chi connectivity index (χ1n) is 6.01. The Balaban J connectivity index is 1.95. The molecular weight excluding hydrogens is 270 g/mol. The van der Waals surface area contributed by atoms with Gasteiger partial charge in [0.2, 0.25) is 10.0 Å². The van der Waals surface area contributed by atoms with Gasteiger partial charge in [0.15, 0.2) is 0 Å². The number of aromatic amines is 1. The van der Waals surface area contributed by atoms with Crippen molar-refractivity contribution in [2.24, 2.45) is 5.92 Å². The molecule has 3 N–H and O–H groups in total. The minimum Gasteiger partial charge on any atom is -0.363 e. The van der Waals surface area contributed by atoms with Gasteiger partial charge in [-0.1, -0.05) is 0 Å². The number of aromatic nitrogens is 1. The van der Waals surface area contributed by atoms with Crippen LogP contribution in [0.3, 0.4) is 0 Å². The lowest BCUT2D eigenvalue weighted by Crippen LogP contribution is -2.29. The molecule has 0 saturated carbocycles. The second kappa shape index (κ2) is 6.10. The van der Waals surface area contributed by atoms with Gasteiger partial charge in [-0.15, -0.1) is 0 Å². The highest BCUT2D eigenvalue weighted by atomic mass is 32.2. The fraction of sp³-hybridized carbons (Fsp3) is 0.636. The molecule has 102 valence electrons. The Labute approximate surface area is 112 Å². The number of nitrogens with one attached hydrogen (secondary N) is 3. The highest BCUT2D eigenvalue weighted by molar-refractivity contribution is 7.99. The van der Waals surface area contributed by atoms with Crippen molar-refractivity contribution in [1.82, 2.24) is 15.0 Å². The van der Waals surface area contributed by atoms with Gasteiger partial charge < -0.3 is 10.3 Å². The predicted octanol–water partition coefficient (Wildman–Crippen LogP) is 0.765. The number of hydrogen-bond acceptors (Lipinski definition) is 4. The summed E-state index contributed by atoms with van der Waals surface area (Å²) in [5.41, 5.74) is 0.870. The molecule has 1 aromatic heterocycles. The van der Waals surface area contributed by atoms with Gasteiger partial charge in [-0.2, -0.15) is 11.8 Å². The van der Waals surface area contributed by atoms with Gasteiger partial charge in [-0.25, -0.2) is 13.1 Å². The van der Waals surface area contributed by atoms with E-state index < -0.39 is 10.0 Å². The molecule has 0 radical (unpaired) electrons. The van der Waals surface area contributed by atoms with Gasteiger partial charge in [0.05, 0.1) is 4.90 Å². The molecule has 1 fully saturated rings. The maximum atomic E-state index is 12.0. The zero-order chi connectivity index (χ0) is 13.0. The van der Waals surface area contributed by atoms with Crippen LogP contribution in [0.5, 0.6) is 0 Å². The van der Waals surface area contributed by atoms with Crippen molar-refractivity contribution < 1.29 is 8.42 Å². The zero-order valence-electron chi connectivity index (χ0n) is 10.4. The molecule has 0 spiro atoms. The van der Waals surface area contributed by atoms with Crippen LogP contribution < -0.4 is 10.0 Å². The van der Waals surface area contributed by atoms with Crippen LogP contribution in [-0.2, 0) is 16.6 Å². The first-order valence-corrected chi connectivity index (χ1v) is 8.65. The van der Waals surface area contributed by atoms with Gasteiger partial charge >= 0.3 is 0 Å². The van der Waals surface area contributed by atoms with Crippen LogP contribution >= 0.6 is 11.8 Å². The van der Waals surface area contributed by atoms with Gasteiger partial charge in [0.1, 0.15) is 0 Å². The third-order valence-electron chi connectivity index (χ3n) is 2.98. The number of rotatable bonds is 6. The van der Waals surface area contributed by atoms with Gasteiger partial charge in [0, 0.05) is 25.0 Å². The predicted molar refractivity (Wildman–Crippen MR) is 74.2 cm³/mol. The van der Waals surface area contributed by atoms with Crippen LogP contribution in [-0.4, -0.2) is 38.5 Å². The lowest BCUT2D eigenvalue weighted by molar-refractivity contribution is 0.546. The average Bonchev–Trinajstić information content (AvgIpc) is 2.98. The van der Waals surface area contributed by atoms with E-state index in [0.717, 1.165) is 23.6 Å². The monoisotopic (exact) mass is 289 g/mol. The van der Waals surface area contributed by atoms with Gasteiger partial charge in [-0.05, 0) is 37.0 Å². The third kappa shape index (κ3) is 3.50. The summed E-state index contributed by atoms with van der Waals surface area (Å²) in [5, 5.41) is 2.98. The second-order valence-electron chi connectivity index (χ2n) is 4.47. The van der Waals surface area contributed by atoms with Crippen molar-refractivity contribution in [3.63, 3.8) is 0 Å². The molecule has 18 heavy (non-hydrogen) atoms. The summed E-state index contributed by atoms with van der Waals surface area (Å²) >= 11 is 1.89. The Kier molecular flexibility index (Phi) is 4.71. The Morgan fingerprint density at radius 2 is 2.39 bits per heavy atom. The summed E-state index contributed by atoms with van der Waals surface area (Å²) in [4.78, 5) is 3.27. The molecule has 1 aliphatic rings. The average molecular weight is 289 g/mol. The van der Waals surface area contributed by atoms with E-state index in [1.165, 1.54) is 0 Å². The van der Waals surface area contributed by atoms with Crippen LogP contribution in [0.15, 0.2) is 17.2 Å². The van der Waals surface area contributed by atoms with Crippen molar-refractivity contribution in [2.45, 2.75) is 17.9 Å². The molecule has 0 aromatic carbocycles. The molecule has 1 aliphatic heterocycles. The number of hydrogen-bond donors (Lipinski definition) is 3. The Hall–Kier alpha value is -0.500. The molecule has 1 atom stereocenters. The number of sulfonamides is 1. The quantitative estimate of drug-likeness (QED) is 0.723. The lowest BCUT2D eigenvalue weighted by Gasteiger charge is -2.09. The first kappa shape index (κ1) is 13.9. The minimum atomic E-state index is -3.36. The Morgan fingerprint density at radius 3 is 3.06 bits per heavy atom. The Bertz CT molecular complexity index is 478. The molecule has 7 heteroatoms. The summed E-state index contributed by atoms with van der Waals surface area (Å²) in [7, 11) is -1.54. The van der Waals surface area contributed by atoms with Crippen LogP contribution in [0.25, 0.3) is 0 Å². The molecule has 0 bridgehead atoms. The van der Waals surface area contributed by atoms with Crippen LogP contribution in [0.4, 0.5) is 0 Å². The van der Waals surface area contributed by atoms with Crippen molar-refractivity contribution in [3.8, 4) is 0 Å². The molecule has 2 rings (SSSR count). The summed E-state index contributed by atoms with van der Waals surface area (Å²) in [5.74, 6) is 2.67. The van der Waals surface area contributed by atoms with Crippen LogP contribution in [0.2, 0.25) is 0 Å². The van der Waals surface area contributed by atoms with Crippen molar-refractivity contribution >= 4 is 21.8 Å². The molecule has 1 aromatic rings. The molecule has 0 amide bonds. The highest BCUT2D eigenvalue weighted by Gasteiger charge is 2.20. The SMILES string of the molecule is CNCc1cc(S(=O)(=O)NCC2CCSC2)c[nH]1. The van der Waals surface area contributed by atoms with E-state index in [0.29, 0.717) is 23.9 Å². The van der Waals surface area contributed by atoms with Crippen molar-refractivity contribution in [3.05, 3.63) is 18.0 Å².